The first-order valence-corrected chi connectivity index (χ1v) is 6.81. The molecule has 2 N–H and O–H groups in total. The number of piperidine rings is 1. The van der Waals surface area contributed by atoms with E-state index in [9.17, 15) is 9.59 Å². The van der Waals surface area contributed by atoms with Crippen LogP contribution in [0.1, 0.15) is 12.8 Å². The smallest absolute Gasteiger partial charge is 0.283 e. The van der Waals surface area contributed by atoms with Crippen LogP contribution in [0.4, 0.5) is 5.69 Å². The van der Waals surface area contributed by atoms with Crippen LogP contribution in [0.15, 0.2) is 28.1 Å². The molecular weight excluding hydrogens is 312 g/mol. The highest BCUT2D eigenvalue weighted by atomic mass is 79.9. The quantitative estimate of drug-likeness (QED) is 0.805. The molecule has 1 fully saturated rings. The predicted octanol–water partition coefficient (Wildman–Crippen LogP) is 0.882. The number of aromatic nitrogens is 2. The van der Waals surface area contributed by atoms with E-state index in [0.29, 0.717) is 29.7 Å². The SMILES string of the molecule is C=CCn1ncc(NC2CCC(=O)NC2)c(Br)c1=O. The van der Waals surface area contributed by atoms with Gasteiger partial charge >= 0.3 is 0 Å². The summed E-state index contributed by atoms with van der Waals surface area (Å²) in [6.07, 6.45) is 4.46. The summed E-state index contributed by atoms with van der Waals surface area (Å²) >= 11 is 3.28. The van der Waals surface area contributed by atoms with Crippen molar-refractivity contribution in [1.29, 1.82) is 0 Å². The fraction of sp³-hybridized carbons (Fsp3) is 0.417. The van der Waals surface area contributed by atoms with Gasteiger partial charge in [0.2, 0.25) is 5.91 Å². The molecule has 19 heavy (non-hydrogen) atoms. The maximum absolute atomic E-state index is 12.0. The van der Waals surface area contributed by atoms with Crippen molar-refractivity contribution in [3.8, 4) is 0 Å². The third-order valence-electron chi connectivity index (χ3n) is 2.91. The Hall–Kier alpha value is -1.63. The lowest BCUT2D eigenvalue weighted by molar-refractivity contribution is -0.122. The van der Waals surface area contributed by atoms with Crippen LogP contribution < -0.4 is 16.2 Å². The van der Waals surface area contributed by atoms with Gasteiger partial charge in [-0.3, -0.25) is 9.59 Å². The van der Waals surface area contributed by atoms with Crippen molar-refractivity contribution in [1.82, 2.24) is 15.1 Å². The summed E-state index contributed by atoms with van der Waals surface area (Å²) in [6, 6.07) is 0.116. The van der Waals surface area contributed by atoms with Crippen LogP contribution in [0.5, 0.6) is 0 Å². The van der Waals surface area contributed by atoms with E-state index in [2.05, 4.69) is 38.2 Å². The summed E-state index contributed by atoms with van der Waals surface area (Å²) in [4.78, 5) is 23.0. The molecule has 2 heterocycles. The number of hydrogen-bond acceptors (Lipinski definition) is 4. The van der Waals surface area contributed by atoms with E-state index in [-0.39, 0.29) is 17.5 Å². The molecule has 0 aliphatic carbocycles. The molecule has 2 rings (SSSR count). The van der Waals surface area contributed by atoms with Gasteiger partial charge in [-0.05, 0) is 22.4 Å². The van der Waals surface area contributed by atoms with Crippen LogP contribution in [-0.2, 0) is 11.3 Å². The predicted molar refractivity (Wildman–Crippen MR) is 76.0 cm³/mol. The number of anilines is 1. The van der Waals surface area contributed by atoms with Crippen LogP contribution in [0.25, 0.3) is 0 Å². The molecule has 1 amide bonds. The lowest BCUT2D eigenvalue weighted by Gasteiger charge is -2.24. The van der Waals surface area contributed by atoms with Crippen LogP contribution in [0, 0.1) is 0 Å². The molecule has 6 nitrogen and oxygen atoms in total. The zero-order valence-electron chi connectivity index (χ0n) is 10.4. The number of nitrogens with zero attached hydrogens (tertiary/aromatic N) is 2. The minimum atomic E-state index is -0.204. The number of carbonyl (C=O) groups is 1. The third kappa shape index (κ3) is 3.23. The molecule has 0 bridgehead atoms. The molecule has 102 valence electrons. The molecule has 1 unspecified atom stereocenters. The Morgan fingerprint density at radius 1 is 1.63 bits per heavy atom. The second-order valence-electron chi connectivity index (χ2n) is 4.33. The van der Waals surface area contributed by atoms with Gasteiger partial charge in [-0.15, -0.1) is 6.58 Å². The standard InChI is InChI=1S/C12H15BrN4O2/c1-2-5-17-12(19)11(13)9(7-15-17)16-8-3-4-10(18)14-6-8/h2,7-8,16H,1,3-6H2,(H,14,18). The number of allylic oxidation sites excluding steroid dienone is 1. The first-order valence-electron chi connectivity index (χ1n) is 6.01. The lowest BCUT2D eigenvalue weighted by Crippen LogP contribution is -2.42. The molecule has 1 atom stereocenters. The lowest BCUT2D eigenvalue weighted by atomic mass is 10.1. The number of rotatable bonds is 4. The molecule has 1 aliphatic rings. The molecule has 1 aromatic heterocycles. The highest BCUT2D eigenvalue weighted by molar-refractivity contribution is 9.10. The Bertz CT molecular complexity index is 545. The van der Waals surface area contributed by atoms with Gasteiger partial charge in [-0.1, -0.05) is 6.08 Å². The van der Waals surface area contributed by atoms with Crippen LogP contribution in [0.2, 0.25) is 0 Å². The zero-order valence-corrected chi connectivity index (χ0v) is 11.9. The molecule has 0 saturated carbocycles. The number of halogens is 1. The molecule has 1 saturated heterocycles. The van der Waals surface area contributed by atoms with Gasteiger partial charge in [-0.25, -0.2) is 4.68 Å². The van der Waals surface area contributed by atoms with Crippen LogP contribution in [-0.4, -0.2) is 28.3 Å². The van der Waals surface area contributed by atoms with E-state index in [4.69, 9.17) is 0 Å². The second kappa shape index (κ2) is 6.01. The van der Waals surface area contributed by atoms with Crippen molar-refractivity contribution < 1.29 is 4.79 Å². The maximum Gasteiger partial charge on any atom is 0.283 e. The maximum atomic E-state index is 12.0. The van der Waals surface area contributed by atoms with Crippen LogP contribution >= 0.6 is 15.9 Å². The van der Waals surface area contributed by atoms with Crippen molar-refractivity contribution in [2.75, 3.05) is 11.9 Å². The first-order chi connectivity index (χ1) is 9.11. The Balaban J connectivity index is 2.13. The molecule has 0 aromatic carbocycles. The van der Waals surface area contributed by atoms with Gasteiger partial charge < -0.3 is 10.6 Å². The van der Waals surface area contributed by atoms with E-state index in [0.717, 1.165) is 6.42 Å². The van der Waals surface area contributed by atoms with E-state index in [1.807, 2.05) is 0 Å². The average molecular weight is 327 g/mol. The number of hydrogen-bond donors (Lipinski definition) is 2. The molecule has 1 aromatic rings. The Morgan fingerprint density at radius 2 is 2.42 bits per heavy atom. The molecule has 0 radical (unpaired) electrons. The number of nitrogens with one attached hydrogen (secondary N) is 2. The summed E-state index contributed by atoms with van der Waals surface area (Å²) in [5.41, 5.74) is 0.441. The normalized spacial score (nSPS) is 18.8. The van der Waals surface area contributed by atoms with E-state index < -0.39 is 0 Å². The Labute approximate surface area is 119 Å². The van der Waals surface area contributed by atoms with Gasteiger partial charge in [0.05, 0.1) is 18.4 Å². The average Bonchev–Trinajstić information content (AvgIpc) is 2.41. The summed E-state index contributed by atoms with van der Waals surface area (Å²) in [6.45, 7) is 4.51. The number of carbonyl (C=O) groups excluding carboxylic acids is 1. The van der Waals surface area contributed by atoms with Gasteiger partial charge in [0.25, 0.3) is 5.56 Å². The number of amides is 1. The third-order valence-corrected chi connectivity index (χ3v) is 3.68. The van der Waals surface area contributed by atoms with E-state index in [1.54, 1.807) is 12.3 Å². The largest absolute Gasteiger partial charge is 0.378 e. The van der Waals surface area contributed by atoms with Crippen molar-refractivity contribution in [3.05, 3.63) is 33.7 Å². The van der Waals surface area contributed by atoms with Crippen LogP contribution in [0.3, 0.4) is 0 Å². The highest BCUT2D eigenvalue weighted by Crippen LogP contribution is 2.19. The summed E-state index contributed by atoms with van der Waals surface area (Å²) in [7, 11) is 0. The molecule has 7 heteroatoms. The molecular formula is C12H15BrN4O2. The Morgan fingerprint density at radius 3 is 3.05 bits per heavy atom. The monoisotopic (exact) mass is 326 g/mol. The first kappa shape index (κ1) is 13.8. The van der Waals surface area contributed by atoms with Gasteiger partial charge in [0.15, 0.2) is 0 Å². The molecule has 1 aliphatic heterocycles. The van der Waals surface area contributed by atoms with Crippen molar-refractivity contribution >= 4 is 27.5 Å². The summed E-state index contributed by atoms with van der Waals surface area (Å²) < 4.78 is 1.77. The van der Waals surface area contributed by atoms with Gasteiger partial charge in [0.1, 0.15) is 4.47 Å². The van der Waals surface area contributed by atoms with E-state index in [1.165, 1.54) is 4.68 Å². The van der Waals surface area contributed by atoms with Crippen molar-refractivity contribution in [2.45, 2.75) is 25.4 Å². The van der Waals surface area contributed by atoms with Gasteiger partial charge in [-0.2, -0.15) is 5.10 Å². The van der Waals surface area contributed by atoms with E-state index >= 15 is 0 Å². The zero-order chi connectivity index (χ0) is 13.8. The fourth-order valence-electron chi connectivity index (χ4n) is 1.89. The minimum Gasteiger partial charge on any atom is -0.378 e. The Kier molecular flexibility index (Phi) is 4.36. The summed E-state index contributed by atoms with van der Waals surface area (Å²) in [5.74, 6) is 0.0663. The second-order valence-corrected chi connectivity index (χ2v) is 5.13. The van der Waals surface area contributed by atoms with Crippen molar-refractivity contribution in [2.24, 2.45) is 0 Å². The van der Waals surface area contributed by atoms with Crippen molar-refractivity contribution in [3.63, 3.8) is 0 Å². The topological polar surface area (TPSA) is 76.0 Å². The fourth-order valence-corrected chi connectivity index (χ4v) is 2.32. The molecule has 0 spiro atoms. The summed E-state index contributed by atoms with van der Waals surface area (Å²) in [5, 5.41) is 10.1. The van der Waals surface area contributed by atoms with Gasteiger partial charge in [0, 0.05) is 19.0 Å². The minimum absolute atomic E-state index is 0.0663. The highest BCUT2D eigenvalue weighted by Gasteiger charge is 2.19.